The van der Waals surface area contributed by atoms with E-state index in [2.05, 4.69) is 10.2 Å². The number of nitrogens with one attached hydrogen (secondary N) is 2. The third-order valence-electron chi connectivity index (χ3n) is 4.50. The summed E-state index contributed by atoms with van der Waals surface area (Å²) in [5.41, 5.74) is 0.863. The van der Waals surface area contributed by atoms with Crippen molar-refractivity contribution in [2.45, 2.75) is 0 Å². The van der Waals surface area contributed by atoms with Crippen LogP contribution in [0.3, 0.4) is 0 Å². The number of nitrogens with zero attached hydrogens (tertiary/aromatic N) is 2. The Morgan fingerprint density at radius 2 is 1.89 bits per heavy atom. The van der Waals surface area contributed by atoms with Gasteiger partial charge >= 0.3 is 0 Å². The molecule has 142 valence electrons. The van der Waals surface area contributed by atoms with Gasteiger partial charge in [0.1, 0.15) is 11.5 Å². The molecule has 0 saturated carbocycles. The molecular formula is C18H19ClFN4O3+. The first kappa shape index (κ1) is 19.1. The molecule has 1 amide bonds. The number of nitro benzene ring substituents is 1. The van der Waals surface area contributed by atoms with Crippen molar-refractivity contribution in [3.8, 4) is 0 Å². The number of carbonyl (C=O) groups is 1. The van der Waals surface area contributed by atoms with Gasteiger partial charge < -0.3 is 15.1 Å². The van der Waals surface area contributed by atoms with Gasteiger partial charge in [-0.1, -0.05) is 11.6 Å². The van der Waals surface area contributed by atoms with Gasteiger partial charge in [-0.2, -0.15) is 0 Å². The van der Waals surface area contributed by atoms with Crippen LogP contribution in [-0.2, 0) is 4.79 Å². The monoisotopic (exact) mass is 393 g/mol. The van der Waals surface area contributed by atoms with Gasteiger partial charge in [0.2, 0.25) is 0 Å². The molecule has 2 aromatic carbocycles. The third-order valence-corrected chi connectivity index (χ3v) is 4.74. The predicted molar refractivity (Wildman–Crippen MR) is 101 cm³/mol. The maximum absolute atomic E-state index is 13.0. The molecule has 1 fully saturated rings. The number of amides is 1. The van der Waals surface area contributed by atoms with E-state index < -0.39 is 4.92 Å². The Balaban J connectivity index is 1.54. The molecule has 0 aromatic heterocycles. The summed E-state index contributed by atoms with van der Waals surface area (Å²) in [7, 11) is 0. The summed E-state index contributed by atoms with van der Waals surface area (Å²) in [5.74, 6) is -0.554. The lowest BCUT2D eigenvalue weighted by Crippen LogP contribution is -3.15. The molecule has 0 bridgehead atoms. The van der Waals surface area contributed by atoms with Gasteiger partial charge in [0.15, 0.2) is 6.54 Å². The Kier molecular flexibility index (Phi) is 5.88. The number of piperazine rings is 1. The third kappa shape index (κ3) is 4.93. The molecule has 0 unspecified atom stereocenters. The second kappa shape index (κ2) is 8.32. The minimum Gasteiger partial charge on any atom is -0.360 e. The summed E-state index contributed by atoms with van der Waals surface area (Å²) in [6, 6.07) is 10.5. The maximum Gasteiger partial charge on any atom is 0.294 e. The van der Waals surface area contributed by atoms with Crippen molar-refractivity contribution in [2.24, 2.45) is 0 Å². The van der Waals surface area contributed by atoms with Crippen LogP contribution >= 0.6 is 11.6 Å². The Hall–Kier alpha value is -2.71. The van der Waals surface area contributed by atoms with Crippen molar-refractivity contribution in [3.05, 3.63) is 63.4 Å². The van der Waals surface area contributed by atoms with Gasteiger partial charge in [-0.15, -0.1) is 0 Å². The highest BCUT2D eigenvalue weighted by Crippen LogP contribution is 2.27. The number of quaternary nitrogens is 1. The second-order valence-electron chi connectivity index (χ2n) is 6.36. The summed E-state index contributed by atoms with van der Waals surface area (Å²) in [4.78, 5) is 26.0. The zero-order valence-electron chi connectivity index (χ0n) is 14.5. The zero-order chi connectivity index (χ0) is 19.4. The van der Waals surface area contributed by atoms with Gasteiger partial charge in [-0.25, -0.2) is 4.39 Å². The number of anilines is 2. The Labute approximate surface area is 160 Å². The van der Waals surface area contributed by atoms with E-state index in [0.717, 1.165) is 36.8 Å². The number of halogens is 2. The fourth-order valence-electron chi connectivity index (χ4n) is 3.09. The van der Waals surface area contributed by atoms with Crippen molar-refractivity contribution in [1.29, 1.82) is 0 Å². The highest BCUT2D eigenvalue weighted by molar-refractivity contribution is 6.31. The van der Waals surface area contributed by atoms with E-state index >= 15 is 0 Å². The summed E-state index contributed by atoms with van der Waals surface area (Å²) < 4.78 is 13.0. The number of carbonyl (C=O) groups excluding carboxylic acids is 1. The van der Waals surface area contributed by atoms with E-state index in [9.17, 15) is 19.3 Å². The quantitative estimate of drug-likeness (QED) is 0.599. The van der Waals surface area contributed by atoms with Crippen LogP contribution in [0.25, 0.3) is 0 Å². The average Bonchev–Trinajstić information content (AvgIpc) is 2.64. The molecule has 27 heavy (non-hydrogen) atoms. The molecule has 1 aliphatic heterocycles. The first-order chi connectivity index (χ1) is 12.9. The van der Waals surface area contributed by atoms with E-state index in [1.54, 1.807) is 12.1 Å². The number of hydrogen-bond acceptors (Lipinski definition) is 4. The summed E-state index contributed by atoms with van der Waals surface area (Å²) in [5, 5.41) is 13.9. The van der Waals surface area contributed by atoms with Crippen molar-refractivity contribution >= 4 is 34.6 Å². The van der Waals surface area contributed by atoms with E-state index in [1.807, 2.05) is 0 Å². The normalized spacial score (nSPS) is 14.8. The van der Waals surface area contributed by atoms with E-state index in [-0.39, 0.29) is 34.7 Å². The second-order valence-corrected chi connectivity index (χ2v) is 6.79. The summed E-state index contributed by atoms with van der Waals surface area (Å²) in [6.45, 7) is 3.20. The van der Waals surface area contributed by atoms with Crippen LogP contribution in [0.5, 0.6) is 0 Å². The molecule has 9 heteroatoms. The molecule has 1 aliphatic rings. The molecule has 3 rings (SSSR count). The average molecular weight is 394 g/mol. The number of nitro groups is 1. The molecular weight excluding hydrogens is 375 g/mol. The van der Waals surface area contributed by atoms with Crippen LogP contribution < -0.4 is 15.1 Å². The Morgan fingerprint density at radius 3 is 2.52 bits per heavy atom. The number of hydrogen-bond donors (Lipinski definition) is 2. The molecule has 1 heterocycles. The highest BCUT2D eigenvalue weighted by Gasteiger charge is 2.24. The molecule has 1 saturated heterocycles. The van der Waals surface area contributed by atoms with E-state index in [1.165, 1.54) is 30.3 Å². The molecule has 2 aromatic rings. The van der Waals surface area contributed by atoms with E-state index in [4.69, 9.17) is 11.6 Å². The van der Waals surface area contributed by atoms with Crippen molar-refractivity contribution < 1.29 is 19.0 Å². The summed E-state index contributed by atoms with van der Waals surface area (Å²) in [6.07, 6.45) is 0. The Bertz CT molecular complexity index is 839. The largest absolute Gasteiger partial charge is 0.360 e. The molecule has 0 spiro atoms. The van der Waals surface area contributed by atoms with E-state index in [0.29, 0.717) is 0 Å². The number of rotatable bonds is 5. The van der Waals surface area contributed by atoms with Crippen molar-refractivity contribution in [2.75, 3.05) is 42.9 Å². The molecule has 2 N–H and O–H groups in total. The first-order valence-corrected chi connectivity index (χ1v) is 8.88. The Morgan fingerprint density at radius 1 is 1.22 bits per heavy atom. The minimum absolute atomic E-state index is 0.138. The van der Waals surface area contributed by atoms with Gasteiger partial charge in [0.25, 0.3) is 11.6 Å². The lowest BCUT2D eigenvalue weighted by atomic mass is 10.2. The molecule has 0 radical (unpaired) electrons. The van der Waals surface area contributed by atoms with Crippen LogP contribution in [-0.4, -0.2) is 43.6 Å². The molecule has 0 atom stereocenters. The van der Waals surface area contributed by atoms with Crippen molar-refractivity contribution in [3.63, 3.8) is 0 Å². The lowest BCUT2D eigenvalue weighted by Gasteiger charge is -2.33. The van der Waals surface area contributed by atoms with Gasteiger partial charge in [0, 0.05) is 16.8 Å². The molecule has 0 aliphatic carbocycles. The maximum atomic E-state index is 13.0. The smallest absolute Gasteiger partial charge is 0.294 e. The van der Waals surface area contributed by atoms with Gasteiger partial charge in [-0.3, -0.25) is 14.9 Å². The van der Waals surface area contributed by atoms with Crippen LogP contribution in [0.1, 0.15) is 0 Å². The fourth-order valence-corrected chi connectivity index (χ4v) is 3.26. The lowest BCUT2D eigenvalue weighted by molar-refractivity contribution is -0.892. The minimum atomic E-state index is -0.574. The van der Waals surface area contributed by atoms with Crippen LogP contribution in [0, 0.1) is 15.9 Å². The zero-order valence-corrected chi connectivity index (χ0v) is 15.2. The number of benzene rings is 2. The van der Waals surface area contributed by atoms with Crippen LogP contribution in [0.2, 0.25) is 5.02 Å². The topological polar surface area (TPSA) is 79.9 Å². The predicted octanol–water partition coefficient (Wildman–Crippen LogP) is 1.73. The van der Waals surface area contributed by atoms with Crippen LogP contribution in [0.15, 0.2) is 42.5 Å². The van der Waals surface area contributed by atoms with Crippen molar-refractivity contribution in [1.82, 2.24) is 0 Å². The standard InChI is InChI=1S/C18H18ClFN4O3/c19-13-1-6-16(17(11-13)24(26)27)21-18(25)12-22-7-9-23(10-8-22)15-4-2-14(20)3-5-15/h1-6,11H,7-10,12H2,(H,21,25)/p+1. The van der Waals surface area contributed by atoms with Gasteiger partial charge in [-0.05, 0) is 36.4 Å². The van der Waals surface area contributed by atoms with Crippen LogP contribution in [0.4, 0.5) is 21.5 Å². The summed E-state index contributed by atoms with van der Waals surface area (Å²) >= 11 is 5.78. The molecule has 7 nitrogen and oxygen atoms in total. The fraction of sp³-hybridized carbons (Fsp3) is 0.278. The first-order valence-electron chi connectivity index (χ1n) is 8.50. The SMILES string of the molecule is O=C(C[NH+]1CCN(c2ccc(F)cc2)CC1)Nc1ccc(Cl)cc1[N+](=O)[O-]. The highest BCUT2D eigenvalue weighted by atomic mass is 35.5. The van der Waals surface area contributed by atoms with Gasteiger partial charge in [0.05, 0.1) is 31.1 Å².